The van der Waals surface area contributed by atoms with Crippen molar-refractivity contribution in [2.75, 3.05) is 13.7 Å². The summed E-state index contributed by atoms with van der Waals surface area (Å²) in [6, 6.07) is 7.49. The molecule has 98 valence electrons. The van der Waals surface area contributed by atoms with E-state index in [4.69, 9.17) is 9.84 Å². The first-order chi connectivity index (χ1) is 8.52. The van der Waals surface area contributed by atoms with Crippen LogP contribution in [0.2, 0.25) is 0 Å². The number of nitrogens with one attached hydrogen (secondary N) is 1. The molecule has 0 aliphatic rings. The maximum absolute atomic E-state index is 11.5. The average Bonchev–Trinajstić information content (AvgIpc) is 2.36. The van der Waals surface area contributed by atoms with Crippen molar-refractivity contribution < 1.29 is 14.6 Å². The number of methoxy groups -OCH3 is 1. The highest BCUT2D eigenvalue weighted by Gasteiger charge is 2.02. The van der Waals surface area contributed by atoms with Crippen LogP contribution in [0, 0.1) is 0 Å². The molecule has 2 N–H and O–H groups in total. The van der Waals surface area contributed by atoms with Crippen LogP contribution in [0.25, 0.3) is 5.57 Å². The first-order valence-electron chi connectivity index (χ1n) is 5.81. The van der Waals surface area contributed by atoms with Crippen molar-refractivity contribution in [3.05, 3.63) is 35.9 Å². The first kappa shape index (κ1) is 14.3. The minimum absolute atomic E-state index is 0.204. The molecule has 0 aromatic heterocycles. The third-order valence-corrected chi connectivity index (χ3v) is 2.46. The minimum atomic E-state index is -0.538. The fourth-order valence-corrected chi connectivity index (χ4v) is 1.43. The number of aliphatic hydroxyl groups excluding tert-OH is 1. The van der Waals surface area contributed by atoms with Gasteiger partial charge in [0.2, 0.25) is 5.91 Å². The Hall–Kier alpha value is -1.81. The van der Waals surface area contributed by atoms with Gasteiger partial charge < -0.3 is 15.2 Å². The van der Waals surface area contributed by atoms with Crippen molar-refractivity contribution >= 4 is 11.5 Å². The molecule has 4 heteroatoms. The number of allylic oxidation sites excluding steroid dienone is 1. The van der Waals surface area contributed by atoms with Crippen LogP contribution >= 0.6 is 0 Å². The molecule has 0 saturated carbocycles. The second-order valence-electron chi connectivity index (χ2n) is 4.15. The summed E-state index contributed by atoms with van der Waals surface area (Å²) in [4.78, 5) is 11.5. The van der Waals surface area contributed by atoms with E-state index in [1.807, 2.05) is 31.2 Å². The Morgan fingerprint density at radius 1 is 1.44 bits per heavy atom. The summed E-state index contributed by atoms with van der Waals surface area (Å²) in [5.41, 5.74) is 1.82. The molecule has 0 bridgehead atoms. The summed E-state index contributed by atoms with van der Waals surface area (Å²) >= 11 is 0. The predicted octanol–water partition coefficient (Wildman–Crippen LogP) is 1.60. The maximum Gasteiger partial charge on any atom is 0.244 e. The van der Waals surface area contributed by atoms with E-state index < -0.39 is 6.10 Å². The van der Waals surface area contributed by atoms with Crippen LogP contribution in [0.3, 0.4) is 0 Å². The second-order valence-corrected chi connectivity index (χ2v) is 4.15. The largest absolute Gasteiger partial charge is 0.497 e. The molecule has 0 radical (unpaired) electrons. The molecule has 1 amide bonds. The highest BCUT2D eigenvalue weighted by atomic mass is 16.5. The lowest BCUT2D eigenvalue weighted by atomic mass is 10.1. The standard InChI is InChI=1S/C14H19NO3/c1-10(8-14(17)15-9-11(2)16)12-4-6-13(18-3)7-5-12/h4-8,11,16H,9H2,1-3H3,(H,15,17)/b10-8+. The molecule has 1 rings (SSSR count). The number of rotatable bonds is 5. The van der Waals surface area contributed by atoms with Gasteiger partial charge in [0.25, 0.3) is 0 Å². The Bertz CT molecular complexity index is 421. The number of amides is 1. The maximum atomic E-state index is 11.5. The van der Waals surface area contributed by atoms with Gasteiger partial charge >= 0.3 is 0 Å². The van der Waals surface area contributed by atoms with Gasteiger partial charge in [-0.2, -0.15) is 0 Å². The minimum Gasteiger partial charge on any atom is -0.497 e. The number of hydrogen-bond donors (Lipinski definition) is 2. The van der Waals surface area contributed by atoms with Crippen molar-refractivity contribution in [2.45, 2.75) is 20.0 Å². The zero-order valence-electron chi connectivity index (χ0n) is 10.9. The van der Waals surface area contributed by atoms with Crippen LogP contribution in [0.5, 0.6) is 5.75 Å². The lowest BCUT2D eigenvalue weighted by Gasteiger charge is -2.06. The van der Waals surface area contributed by atoms with Gasteiger partial charge in [-0.3, -0.25) is 4.79 Å². The van der Waals surface area contributed by atoms with Gasteiger partial charge in [0.15, 0.2) is 0 Å². The van der Waals surface area contributed by atoms with Crippen molar-refractivity contribution in [1.29, 1.82) is 0 Å². The molecule has 1 aromatic carbocycles. The topological polar surface area (TPSA) is 58.6 Å². The van der Waals surface area contributed by atoms with Gasteiger partial charge in [-0.15, -0.1) is 0 Å². The van der Waals surface area contributed by atoms with Gasteiger partial charge in [-0.05, 0) is 37.1 Å². The fraction of sp³-hybridized carbons (Fsp3) is 0.357. The Morgan fingerprint density at radius 3 is 2.56 bits per heavy atom. The van der Waals surface area contributed by atoms with E-state index in [0.29, 0.717) is 0 Å². The summed E-state index contributed by atoms with van der Waals surface area (Å²) in [5, 5.41) is 11.7. The first-order valence-corrected chi connectivity index (χ1v) is 5.81. The van der Waals surface area contributed by atoms with Crippen molar-refractivity contribution in [2.24, 2.45) is 0 Å². The summed E-state index contributed by atoms with van der Waals surface area (Å²) in [6.07, 6.45) is 0.980. The van der Waals surface area contributed by atoms with Gasteiger partial charge in [0.05, 0.1) is 13.2 Å². The highest BCUT2D eigenvalue weighted by molar-refractivity contribution is 5.94. The molecule has 1 unspecified atom stereocenters. The normalized spacial score (nSPS) is 13.0. The van der Waals surface area contributed by atoms with Gasteiger partial charge in [-0.1, -0.05) is 12.1 Å². The van der Waals surface area contributed by atoms with Crippen LogP contribution in [0.1, 0.15) is 19.4 Å². The van der Waals surface area contributed by atoms with E-state index in [9.17, 15) is 4.79 Å². The number of carbonyl (C=O) groups is 1. The van der Waals surface area contributed by atoms with E-state index in [0.717, 1.165) is 16.9 Å². The zero-order valence-corrected chi connectivity index (χ0v) is 10.9. The Kier molecular flexibility index (Phi) is 5.39. The molecule has 0 aliphatic carbocycles. The number of carbonyl (C=O) groups excluding carboxylic acids is 1. The molecule has 0 saturated heterocycles. The molecule has 0 spiro atoms. The lowest BCUT2D eigenvalue weighted by Crippen LogP contribution is -2.29. The molecule has 18 heavy (non-hydrogen) atoms. The van der Waals surface area contributed by atoms with Gasteiger partial charge in [0, 0.05) is 12.6 Å². The molecule has 1 atom stereocenters. The van der Waals surface area contributed by atoms with E-state index >= 15 is 0 Å². The van der Waals surface area contributed by atoms with Crippen LogP contribution in [0.4, 0.5) is 0 Å². The van der Waals surface area contributed by atoms with Gasteiger partial charge in [-0.25, -0.2) is 0 Å². The quantitative estimate of drug-likeness (QED) is 0.779. The van der Waals surface area contributed by atoms with E-state index in [1.165, 1.54) is 6.08 Å². The SMILES string of the molecule is COc1ccc(/C(C)=C/C(=O)NCC(C)O)cc1. The summed E-state index contributed by atoms with van der Waals surface area (Å²) in [6.45, 7) is 3.75. The van der Waals surface area contributed by atoms with Crippen molar-refractivity contribution in [3.8, 4) is 5.75 Å². The molecular weight excluding hydrogens is 230 g/mol. The second kappa shape index (κ2) is 6.81. The number of ether oxygens (including phenoxy) is 1. The molecule has 0 heterocycles. The molecule has 1 aromatic rings. The molecular formula is C14H19NO3. The van der Waals surface area contributed by atoms with Crippen LogP contribution in [0.15, 0.2) is 30.3 Å². The number of benzene rings is 1. The molecule has 0 fully saturated rings. The van der Waals surface area contributed by atoms with Crippen molar-refractivity contribution in [1.82, 2.24) is 5.32 Å². The third-order valence-electron chi connectivity index (χ3n) is 2.46. The van der Waals surface area contributed by atoms with Crippen LogP contribution in [-0.4, -0.2) is 30.8 Å². The zero-order chi connectivity index (χ0) is 13.5. The van der Waals surface area contributed by atoms with Gasteiger partial charge in [0.1, 0.15) is 5.75 Å². The van der Waals surface area contributed by atoms with Crippen molar-refractivity contribution in [3.63, 3.8) is 0 Å². The number of hydrogen-bond acceptors (Lipinski definition) is 3. The monoisotopic (exact) mass is 249 g/mol. The Labute approximate surface area is 107 Å². The third kappa shape index (κ3) is 4.59. The summed E-state index contributed by atoms with van der Waals surface area (Å²) in [5.74, 6) is 0.578. The lowest BCUT2D eigenvalue weighted by molar-refractivity contribution is -0.116. The smallest absolute Gasteiger partial charge is 0.244 e. The Balaban J connectivity index is 2.66. The fourth-order valence-electron chi connectivity index (χ4n) is 1.43. The Morgan fingerprint density at radius 2 is 2.06 bits per heavy atom. The molecule has 0 aliphatic heterocycles. The summed E-state index contributed by atoms with van der Waals surface area (Å²) < 4.78 is 5.07. The van der Waals surface area contributed by atoms with Crippen LogP contribution < -0.4 is 10.1 Å². The number of aliphatic hydroxyl groups is 1. The van der Waals surface area contributed by atoms with E-state index in [-0.39, 0.29) is 12.5 Å². The predicted molar refractivity (Wildman–Crippen MR) is 71.3 cm³/mol. The van der Waals surface area contributed by atoms with Crippen LogP contribution in [-0.2, 0) is 4.79 Å². The van der Waals surface area contributed by atoms with E-state index in [1.54, 1.807) is 14.0 Å². The van der Waals surface area contributed by atoms with E-state index in [2.05, 4.69) is 5.32 Å². The average molecular weight is 249 g/mol. The molecule has 4 nitrogen and oxygen atoms in total. The summed E-state index contributed by atoms with van der Waals surface area (Å²) in [7, 11) is 1.61. The highest BCUT2D eigenvalue weighted by Crippen LogP contribution is 2.17.